The van der Waals surface area contributed by atoms with E-state index in [2.05, 4.69) is 11.9 Å². The fourth-order valence-electron chi connectivity index (χ4n) is 2.21. The summed E-state index contributed by atoms with van der Waals surface area (Å²) >= 11 is 0. The summed E-state index contributed by atoms with van der Waals surface area (Å²) in [5.41, 5.74) is 1.96. The van der Waals surface area contributed by atoms with Gasteiger partial charge in [-0.3, -0.25) is 4.79 Å². The fraction of sp³-hybridized carbons (Fsp3) is 0.308. The van der Waals surface area contributed by atoms with Crippen LogP contribution in [0.4, 0.5) is 5.69 Å². The molecule has 3 nitrogen and oxygen atoms in total. The zero-order chi connectivity index (χ0) is 11.9. The number of amides is 1. The predicted octanol–water partition coefficient (Wildman–Crippen LogP) is 2.02. The minimum absolute atomic E-state index is 0.231. The number of nitrogens with one attached hydrogen (secondary N) is 1. The van der Waals surface area contributed by atoms with Crippen molar-refractivity contribution in [3.8, 4) is 0 Å². The maximum Gasteiger partial charge on any atom is 0.261 e. The second kappa shape index (κ2) is 3.46. The lowest BCUT2D eigenvalue weighted by atomic mass is 9.90. The molecule has 0 saturated heterocycles. The Balaban J connectivity index is 2.64. The van der Waals surface area contributed by atoms with Gasteiger partial charge in [-0.1, -0.05) is 23.8 Å². The number of anilines is 1. The normalized spacial score (nSPS) is 22.8. The number of carbonyl (C=O) groups is 1. The van der Waals surface area contributed by atoms with Gasteiger partial charge < -0.3 is 10.4 Å². The Morgan fingerprint density at radius 3 is 2.81 bits per heavy atom. The Labute approximate surface area is 94.8 Å². The van der Waals surface area contributed by atoms with E-state index in [9.17, 15) is 9.90 Å². The molecule has 2 N–H and O–H groups in total. The molecule has 1 aliphatic rings. The van der Waals surface area contributed by atoms with Crippen molar-refractivity contribution in [1.82, 2.24) is 0 Å². The second-order valence-electron chi connectivity index (χ2n) is 4.31. The Hall–Kier alpha value is -1.61. The van der Waals surface area contributed by atoms with Crippen molar-refractivity contribution in [1.29, 1.82) is 0 Å². The second-order valence-corrected chi connectivity index (χ2v) is 4.31. The van der Waals surface area contributed by atoms with Crippen LogP contribution < -0.4 is 5.32 Å². The molecule has 1 aromatic rings. The van der Waals surface area contributed by atoms with Gasteiger partial charge in [0.05, 0.1) is 5.69 Å². The standard InChI is InChI=1S/C13H15NO2/c1-4-5-13(16)10-7-8(2)6-9(3)11(10)14-12(13)15/h4,6-7,16H,1,5H2,2-3H3,(H,14,15). The largest absolute Gasteiger partial charge is 0.375 e. The number of fused-ring (bicyclic) bond motifs is 1. The van der Waals surface area contributed by atoms with Gasteiger partial charge in [0.25, 0.3) is 5.91 Å². The maximum absolute atomic E-state index is 11.8. The summed E-state index contributed by atoms with van der Waals surface area (Å²) in [7, 11) is 0. The molecule has 0 spiro atoms. The summed E-state index contributed by atoms with van der Waals surface area (Å²) in [6.07, 6.45) is 1.79. The molecule has 0 aromatic heterocycles. The van der Waals surface area contributed by atoms with Crippen LogP contribution in [0.15, 0.2) is 24.8 Å². The molecule has 0 saturated carbocycles. The summed E-state index contributed by atoms with van der Waals surface area (Å²) in [4.78, 5) is 11.8. The number of rotatable bonds is 2. The molecule has 1 aromatic carbocycles. The van der Waals surface area contributed by atoms with Gasteiger partial charge in [-0.05, 0) is 19.4 Å². The van der Waals surface area contributed by atoms with E-state index in [-0.39, 0.29) is 12.3 Å². The third-order valence-corrected chi connectivity index (χ3v) is 2.98. The smallest absolute Gasteiger partial charge is 0.261 e. The van der Waals surface area contributed by atoms with Gasteiger partial charge in [0.2, 0.25) is 0 Å². The summed E-state index contributed by atoms with van der Waals surface area (Å²) in [5, 5.41) is 13.1. The third kappa shape index (κ3) is 1.36. The first-order chi connectivity index (χ1) is 7.49. The minimum atomic E-state index is -1.45. The lowest BCUT2D eigenvalue weighted by Crippen LogP contribution is -2.33. The van der Waals surface area contributed by atoms with Crippen molar-refractivity contribution in [2.45, 2.75) is 25.9 Å². The van der Waals surface area contributed by atoms with Crippen molar-refractivity contribution < 1.29 is 9.90 Å². The number of benzene rings is 1. The van der Waals surface area contributed by atoms with Gasteiger partial charge in [0.15, 0.2) is 5.60 Å². The quantitative estimate of drug-likeness (QED) is 0.744. The highest BCUT2D eigenvalue weighted by molar-refractivity contribution is 6.05. The van der Waals surface area contributed by atoms with Gasteiger partial charge in [-0.25, -0.2) is 0 Å². The topological polar surface area (TPSA) is 49.3 Å². The van der Waals surface area contributed by atoms with Gasteiger partial charge in [0.1, 0.15) is 0 Å². The van der Waals surface area contributed by atoms with Crippen LogP contribution in [0.2, 0.25) is 0 Å². The van der Waals surface area contributed by atoms with Crippen LogP contribution in [-0.2, 0) is 10.4 Å². The minimum Gasteiger partial charge on any atom is -0.375 e. The van der Waals surface area contributed by atoms with E-state index < -0.39 is 5.60 Å². The molecule has 1 heterocycles. The lowest BCUT2D eigenvalue weighted by molar-refractivity contribution is -0.133. The molecular formula is C13H15NO2. The summed E-state index contributed by atoms with van der Waals surface area (Å²) in [5.74, 6) is -0.365. The van der Waals surface area contributed by atoms with Crippen molar-refractivity contribution in [2.75, 3.05) is 5.32 Å². The maximum atomic E-state index is 11.8. The Morgan fingerprint density at radius 2 is 2.19 bits per heavy atom. The van der Waals surface area contributed by atoms with E-state index in [1.165, 1.54) is 0 Å². The predicted molar refractivity (Wildman–Crippen MR) is 63.3 cm³/mol. The molecule has 1 aliphatic heterocycles. The van der Waals surface area contributed by atoms with Crippen LogP contribution in [0.5, 0.6) is 0 Å². The monoisotopic (exact) mass is 217 g/mol. The lowest BCUT2D eigenvalue weighted by Gasteiger charge is -2.19. The van der Waals surface area contributed by atoms with Crippen LogP contribution >= 0.6 is 0 Å². The molecule has 0 fully saturated rings. The molecule has 0 radical (unpaired) electrons. The van der Waals surface area contributed by atoms with Crippen LogP contribution in [0.25, 0.3) is 0 Å². The molecule has 1 amide bonds. The molecule has 84 valence electrons. The van der Waals surface area contributed by atoms with Gasteiger partial charge in [-0.15, -0.1) is 6.58 Å². The van der Waals surface area contributed by atoms with Crippen molar-refractivity contribution in [2.24, 2.45) is 0 Å². The van der Waals surface area contributed by atoms with Crippen LogP contribution in [0, 0.1) is 13.8 Å². The molecule has 1 atom stereocenters. The number of hydrogen-bond donors (Lipinski definition) is 2. The fourth-order valence-corrected chi connectivity index (χ4v) is 2.21. The zero-order valence-corrected chi connectivity index (χ0v) is 9.50. The van der Waals surface area contributed by atoms with E-state index >= 15 is 0 Å². The number of aliphatic hydroxyl groups is 1. The van der Waals surface area contributed by atoms with E-state index in [0.717, 1.165) is 16.8 Å². The van der Waals surface area contributed by atoms with E-state index in [1.54, 1.807) is 6.08 Å². The number of aryl methyl sites for hydroxylation is 2. The summed E-state index contributed by atoms with van der Waals surface area (Å²) in [6.45, 7) is 7.45. The first-order valence-corrected chi connectivity index (χ1v) is 5.25. The molecule has 0 bridgehead atoms. The molecule has 16 heavy (non-hydrogen) atoms. The molecule has 2 rings (SSSR count). The van der Waals surface area contributed by atoms with Crippen molar-refractivity contribution in [3.05, 3.63) is 41.5 Å². The number of carbonyl (C=O) groups excluding carboxylic acids is 1. The Kier molecular flexibility index (Phi) is 2.35. The molecular weight excluding hydrogens is 202 g/mol. The highest BCUT2D eigenvalue weighted by atomic mass is 16.3. The van der Waals surface area contributed by atoms with Gasteiger partial charge >= 0.3 is 0 Å². The molecule has 1 unspecified atom stereocenters. The highest BCUT2D eigenvalue weighted by Crippen LogP contribution is 2.40. The SMILES string of the molecule is C=CCC1(O)C(=O)Nc2c(C)cc(C)cc21. The van der Waals surface area contributed by atoms with Crippen molar-refractivity contribution in [3.63, 3.8) is 0 Å². The zero-order valence-electron chi connectivity index (χ0n) is 9.50. The summed E-state index contributed by atoms with van der Waals surface area (Å²) in [6, 6.07) is 3.84. The highest BCUT2D eigenvalue weighted by Gasteiger charge is 2.44. The Morgan fingerprint density at radius 1 is 1.50 bits per heavy atom. The first-order valence-electron chi connectivity index (χ1n) is 5.25. The summed E-state index contributed by atoms with van der Waals surface area (Å²) < 4.78 is 0. The van der Waals surface area contributed by atoms with E-state index in [0.29, 0.717) is 5.56 Å². The molecule has 3 heteroatoms. The van der Waals surface area contributed by atoms with Gasteiger partial charge in [-0.2, -0.15) is 0 Å². The number of hydrogen-bond acceptors (Lipinski definition) is 2. The first kappa shape index (κ1) is 10.9. The Bertz CT molecular complexity index is 479. The average Bonchev–Trinajstić information content (AvgIpc) is 2.43. The third-order valence-electron chi connectivity index (χ3n) is 2.98. The van der Waals surface area contributed by atoms with Crippen molar-refractivity contribution >= 4 is 11.6 Å². The van der Waals surface area contributed by atoms with E-state index in [4.69, 9.17) is 0 Å². The van der Waals surface area contributed by atoms with E-state index in [1.807, 2.05) is 26.0 Å². The van der Waals surface area contributed by atoms with Crippen LogP contribution in [0.3, 0.4) is 0 Å². The van der Waals surface area contributed by atoms with Crippen LogP contribution in [-0.4, -0.2) is 11.0 Å². The average molecular weight is 217 g/mol. The molecule has 0 aliphatic carbocycles. The van der Waals surface area contributed by atoms with Crippen LogP contribution in [0.1, 0.15) is 23.1 Å². The van der Waals surface area contributed by atoms with Gasteiger partial charge in [0, 0.05) is 12.0 Å².